The van der Waals surface area contributed by atoms with Crippen LogP contribution in [0.4, 0.5) is 5.69 Å². The van der Waals surface area contributed by atoms with Gasteiger partial charge in [0.2, 0.25) is 5.89 Å². The monoisotopic (exact) mass is 539 g/mol. The maximum Gasteiger partial charge on any atom is 0.257 e. The van der Waals surface area contributed by atoms with Crippen LogP contribution >= 0.6 is 28.1 Å². The molecule has 0 bridgehead atoms. The molecule has 0 aliphatic heterocycles. The first-order valence-corrected chi connectivity index (χ1v) is 11.8. The van der Waals surface area contributed by atoms with E-state index in [9.17, 15) is 9.90 Å². The average molecular weight is 540 g/mol. The number of halogens is 1. The number of carbonyl (C=O) groups excluding carboxylic acids is 1. The lowest BCUT2D eigenvalue weighted by atomic mass is 10.2. The SMILES string of the molecule is CC[C@H](C)Oc1cccc(C(=O)NC(=S)Nc2ccc3oc(-c4ccc(O)c(Br)c4)nc3c2)c1. The van der Waals surface area contributed by atoms with Crippen LogP contribution < -0.4 is 15.4 Å². The number of ether oxygens (including phenoxy) is 1. The van der Waals surface area contributed by atoms with Gasteiger partial charge in [-0.15, -0.1) is 0 Å². The van der Waals surface area contributed by atoms with Crippen LogP contribution in [-0.2, 0) is 0 Å². The van der Waals surface area contributed by atoms with E-state index in [2.05, 4.69) is 31.5 Å². The summed E-state index contributed by atoms with van der Waals surface area (Å²) >= 11 is 8.61. The Morgan fingerprint density at radius 2 is 2.03 bits per heavy atom. The Morgan fingerprint density at radius 1 is 1.21 bits per heavy atom. The Labute approximate surface area is 210 Å². The maximum atomic E-state index is 12.6. The number of aromatic nitrogens is 1. The van der Waals surface area contributed by atoms with Crippen molar-refractivity contribution in [3.8, 4) is 23.0 Å². The van der Waals surface area contributed by atoms with Gasteiger partial charge in [-0.3, -0.25) is 10.1 Å². The first-order chi connectivity index (χ1) is 16.3. The molecule has 4 rings (SSSR count). The van der Waals surface area contributed by atoms with Crippen molar-refractivity contribution >= 4 is 56.0 Å². The number of aromatic hydroxyl groups is 1. The van der Waals surface area contributed by atoms with Gasteiger partial charge in [-0.2, -0.15) is 0 Å². The zero-order valence-electron chi connectivity index (χ0n) is 18.5. The summed E-state index contributed by atoms with van der Waals surface area (Å²) in [5, 5.41) is 15.5. The largest absolute Gasteiger partial charge is 0.507 e. The predicted octanol–water partition coefficient (Wildman–Crippen LogP) is 6.27. The molecule has 0 spiro atoms. The van der Waals surface area contributed by atoms with Crippen molar-refractivity contribution in [2.24, 2.45) is 0 Å². The lowest BCUT2D eigenvalue weighted by Crippen LogP contribution is -2.34. The van der Waals surface area contributed by atoms with E-state index in [0.717, 1.165) is 12.0 Å². The molecular weight excluding hydrogens is 518 g/mol. The van der Waals surface area contributed by atoms with E-state index < -0.39 is 0 Å². The van der Waals surface area contributed by atoms with Crippen LogP contribution in [0.2, 0.25) is 0 Å². The van der Waals surface area contributed by atoms with E-state index in [4.69, 9.17) is 21.4 Å². The zero-order valence-corrected chi connectivity index (χ0v) is 20.9. The second-order valence-corrected chi connectivity index (χ2v) is 8.90. The number of rotatable bonds is 6. The molecular formula is C25H22BrN3O4S. The van der Waals surface area contributed by atoms with E-state index in [-0.39, 0.29) is 22.9 Å². The molecule has 9 heteroatoms. The summed E-state index contributed by atoms with van der Waals surface area (Å²) in [6.45, 7) is 4.01. The van der Waals surface area contributed by atoms with Gasteiger partial charge in [0.05, 0.1) is 10.6 Å². The summed E-state index contributed by atoms with van der Waals surface area (Å²) in [7, 11) is 0. The highest BCUT2D eigenvalue weighted by Gasteiger charge is 2.13. The minimum atomic E-state index is -0.338. The summed E-state index contributed by atoms with van der Waals surface area (Å²) in [6.07, 6.45) is 0.928. The molecule has 3 N–H and O–H groups in total. The molecule has 174 valence electrons. The van der Waals surface area contributed by atoms with E-state index in [1.165, 1.54) is 0 Å². The molecule has 0 radical (unpaired) electrons. The topological polar surface area (TPSA) is 96.6 Å². The zero-order chi connectivity index (χ0) is 24.2. The van der Waals surface area contributed by atoms with Crippen molar-refractivity contribution < 1.29 is 19.1 Å². The van der Waals surface area contributed by atoms with Crippen LogP contribution in [0.15, 0.2) is 69.6 Å². The molecule has 4 aromatic rings. The highest BCUT2D eigenvalue weighted by molar-refractivity contribution is 9.10. The number of thiocarbonyl (C=S) groups is 1. The van der Waals surface area contributed by atoms with E-state index in [1.54, 1.807) is 54.6 Å². The van der Waals surface area contributed by atoms with Gasteiger partial charge in [0.25, 0.3) is 5.91 Å². The first-order valence-electron chi connectivity index (χ1n) is 10.6. The quantitative estimate of drug-likeness (QED) is 0.248. The number of hydrogen-bond donors (Lipinski definition) is 3. The number of hydrogen-bond acceptors (Lipinski definition) is 6. The lowest BCUT2D eigenvalue weighted by molar-refractivity contribution is 0.0977. The summed E-state index contributed by atoms with van der Waals surface area (Å²) in [5.41, 5.74) is 3.03. The van der Waals surface area contributed by atoms with E-state index in [1.807, 2.05) is 19.9 Å². The van der Waals surface area contributed by atoms with Gasteiger partial charge in [0.15, 0.2) is 10.7 Å². The number of fused-ring (bicyclic) bond motifs is 1. The normalized spacial score (nSPS) is 11.7. The number of amides is 1. The molecule has 3 aromatic carbocycles. The van der Waals surface area contributed by atoms with Crippen molar-refractivity contribution in [3.05, 3.63) is 70.7 Å². The third kappa shape index (κ3) is 5.55. The third-order valence-electron chi connectivity index (χ3n) is 5.08. The summed E-state index contributed by atoms with van der Waals surface area (Å²) < 4.78 is 12.2. The minimum Gasteiger partial charge on any atom is -0.507 e. The van der Waals surface area contributed by atoms with Crippen LogP contribution in [0.5, 0.6) is 11.5 Å². The van der Waals surface area contributed by atoms with Gasteiger partial charge in [-0.1, -0.05) is 13.0 Å². The number of phenolic OH excluding ortho intramolecular Hbond substituents is 1. The highest BCUT2D eigenvalue weighted by Crippen LogP contribution is 2.31. The lowest BCUT2D eigenvalue weighted by Gasteiger charge is -2.14. The molecule has 0 aliphatic carbocycles. The highest BCUT2D eigenvalue weighted by atomic mass is 79.9. The molecule has 1 atom stereocenters. The number of carbonyl (C=O) groups is 1. The fraction of sp³-hybridized carbons (Fsp3) is 0.160. The Balaban J connectivity index is 1.44. The van der Waals surface area contributed by atoms with Gasteiger partial charge >= 0.3 is 0 Å². The Bertz CT molecular complexity index is 1370. The summed E-state index contributed by atoms with van der Waals surface area (Å²) in [5.74, 6) is 0.850. The summed E-state index contributed by atoms with van der Waals surface area (Å²) in [4.78, 5) is 17.2. The van der Waals surface area contributed by atoms with E-state index in [0.29, 0.717) is 38.5 Å². The number of nitrogens with one attached hydrogen (secondary N) is 2. The average Bonchev–Trinajstić information content (AvgIpc) is 3.24. The molecule has 0 saturated heterocycles. The van der Waals surface area contributed by atoms with Crippen molar-refractivity contribution in [1.82, 2.24) is 10.3 Å². The van der Waals surface area contributed by atoms with Crippen LogP contribution in [0.25, 0.3) is 22.6 Å². The molecule has 34 heavy (non-hydrogen) atoms. The standard InChI is InChI=1S/C25H22BrN3O4S/c1-3-14(2)32-18-6-4-5-15(11-18)23(31)29-25(34)27-17-8-10-22-20(13-17)28-24(33-22)16-7-9-21(30)19(26)12-16/h4-14,30H,3H2,1-2H3,(H2,27,29,31,34)/t14-/m0/s1. The van der Waals surface area contributed by atoms with Crippen LogP contribution in [0, 0.1) is 0 Å². The first kappa shape index (κ1) is 23.7. The second kappa shape index (κ2) is 10.2. The molecule has 1 heterocycles. The van der Waals surface area contributed by atoms with Gasteiger partial charge in [0.1, 0.15) is 17.0 Å². The van der Waals surface area contributed by atoms with Crippen molar-refractivity contribution in [1.29, 1.82) is 0 Å². The molecule has 0 aliphatic rings. The number of nitrogens with zero attached hydrogens (tertiary/aromatic N) is 1. The van der Waals surface area contributed by atoms with Crippen LogP contribution in [0.1, 0.15) is 30.6 Å². The van der Waals surface area contributed by atoms with Crippen molar-refractivity contribution in [3.63, 3.8) is 0 Å². The van der Waals surface area contributed by atoms with Gasteiger partial charge < -0.3 is 19.6 Å². The van der Waals surface area contributed by atoms with Gasteiger partial charge in [0, 0.05) is 16.8 Å². The molecule has 0 saturated carbocycles. The Kier molecular flexibility index (Phi) is 7.14. The van der Waals surface area contributed by atoms with E-state index >= 15 is 0 Å². The fourth-order valence-corrected chi connectivity index (χ4v) is 3.72. The predicted molar refractivity (Wildman–Crippen MR) is 139 cm³/mol. The molecule has 7 nitrogen and oxygen atoms in total. The van der Waals surface area contributed by atoms with Crippen molar-refractivity contribution in [2.45, 2.75) is 26.4 Å². The van der Waals surface area contributed by atoms with Crippen molar-refractivity contribution in [2.75, 3.05) is 5.32 Å². The second-order valence-electron chi connectivity index (χ2n) is 7.64. The number of anilines is 1. The van der Waals surface area contributed by atoms with Crippen LogP contribution in [0.3, 0.4) is 0 Å². The van der Waals surface area contributed by atoms with Gasteiger partial charge in [-0.05, 0) is 96.1 Å². The molecule has 0 unspecified atom stereocenters. The molecule has 1 aromatic heterocycles. The number of benzene rings is 3. The Morgan fingerprint density at radius 3 is 2.79 bits per heavy atom. The fourth-order valence-electron chi connectivity index (χ4n) is 3.13. The maximum absolute atomic E-state index is 12.6. The summed E-state index contributed by atoms with van der Waals surface area (Å²) in [6, 6.07) is 17.3. The molecule has 1 amide bonds. The third-order valence-corrected chi connectivity index (χ3v) is 5.91. The van der Waals surface area contributed by atoms with Gasteiger partial charge in [-0.25, -0.2) is 4.98 Å². The molecule has 0 fully saturated rings. The minimum absolute atomic E-state index is 0.0589. The number of phenols is 1. The van der Waals surface area contributed by atoms with Crippen LogP contribution in [-0.4, -0.2) is 27.2 Å². The number of oxazole rings is 1. The smallest absolute Gasteiger partial charge is 0.257 e. The Hall–Kier alpha value is -3.43.